The second-order valence-corrected chi connectivity index (χ2v) is 22.8. The largest absolute Gasteiger partial charge is 0.351 e. The van der Waals surface area contributed by atoms with Crippen molar-refractivity contribution in [2.45, 2.75) is 174 Å². The minimum atomic E-state index is -0.0535. The van der Waals surface area contributed by atoms with Crippen molar-refractivity contribution in [2.24, 2.45) is 16.6 Å². The number of nitrogens with zero attached hydrogens (tertiary/aromatic N) is 4. The van der Waals surface area contributed by atoms with E-state index >= 15 is 0 Å². The maximum Gasteiger partial charge on any atom is 0.204 e. The molecule has 2 heterocycles. The van der Waals surface area contributed by atoms with Crippen LogP contribution in [0, 0.1) is 52.4 Å². The van der Waals surface area contributed by atoms with Crippen LogP contribution in [0.1, 0.15) is 155 Å². The van der Waals surface area contributed by atoms with Gasteiger partial charge in [-0.05, 0) is 182 Å². The van der Waals surface area contributed by atoms with Gasteiger partial charge in [-0.3, -0.25) is 0 Å². The summed E-state index contributed by atoms with van der Waals surface area (Å²) in [5.74, 6) is 0.962. The van der Waals surface area contributed by atoms with E-state index < -0.39 is 0 Å². The Morgan fingerprint density at radius 3 is 1.30 bits per heavy atom. The Morgan fingerprint density at radius 2 is 0.951 bits per heavy atom. The van der Waals surface area contributed by atoms with Crippen LogP contribution in [0.5, 0.6) is 0 Å². The molecule has 0 aliphatic heterocycles. The van der Waals surface area contributed by atoms with Gasteiger partial charge in [0.25, 0.3) is 0 Å². The predicted molar refractivity (Wildman–Crippen MR) is 271 cm³/mol. The first-order valence-corrected chi connectivity index (χ1v) is 23.1. The monoisotopic (exact) mass is 891 g/mol. The maximum atomic E-state index is 5.82. The van der Waals surface area contributed by atoms with Crippen molar-refractivity contribution in [1.29, 1.82) is 0 Å². The van der Waals surface area contributed by atoms with Gasteiger partial charge in [-0.1, -0.05) is 101 Å². The zero-order chi connectivity index (χ0) is 46.2. The number of para-hydroxylation sites is 2. The molecule has 7 heteroatoms. The minimum Gasteiger partial charge on any atom is -0.351 e. The molecule has 0 spiro atoms. The summed E-state index contributed by atoms with van der Waals surface area (Å²) in [6.45, 7) is 44.1. The molecule has 61 heavy (non-hydrogen) atoms. The van der Waals surface area contributed by atoms with E-state index in [1.54, 1.807) is 0 Å². The van der Waals surface area contributed by atoms with Crippen LogP contribution in [0.2, 0.25) is 0 Å². The fraction of sp³-hybridized carbons (Fsp3) is 0.519. The fourth-order valence-electron chi connectivity index (χ4n) is 9.96. The lowest BCUT2D eigenvalue weighted by Gasteiger charge is -2.34. The molecule has 332 valence electrons. The summed E-state index contributed by atoms with van der Waals surface area (Å²) in [6.07, 6.45) is 2.13. The lowest BCUT2D eigenvalue weighted by Crippen LogP contribution is -2.36. The standard InChI is InChI=1S/C27H39N3.C19H21BrN2.C8H19N/c1-17(2)30-22-13-11-12-21(23-19(4)14-18(3)15-20(23)5)24(22)28-25(30)29-27(9,10)16-26(6,7)8;1-11(2)22-16-8-6-7-15(18(16)21-19(22)20)17-13(4)9-12(3)10-14(17)5;1-7(2,3)6-8(4,5)9/h11-15,17H,16H2,1-10H3,(H,28,29);6-11H,1-5H3;6,9H2,1-5H3. The van der Waals surface area contributed by atoms with Gasteiger partial charge < -0.3 is 20.2 Å². The second kappa shape index (κ2) is 18.8. The van der Waals surface area contributed by atoms with Crippen LogP contribution in [0.15, 0.2) is 65.4 Å². The van der Waals surface area contributed by atoms with Crippen LogP contribution in [0.4, 0.5) is 5.95 Å². The number of rotatable bonds is 8. The van der Waals surface area contributed by atoms with Gasteiger partial charge >= 0.3 is 0 Å². The molecule has 0 aliphatic carbocycles. The first kappa shape index (κ1) is 49.7. The SMILES string of the molecule is CC(C)(C)CC(C)(C)N.Cc1cc(C)c(-c2cccc3c2nc(Br)n3C(C)C)c(C)c1.Cc1cc(C)c(-c2cccc3c2nc(NC(C)(C)CC(C)(C)C)n3C(C)C)c(C)c1. The molecule has 0 saturated heterocycles. The molecule has 0 atom stereocenters. The highest BCUT2D eigenvalue weighted by atomic mass is 79.9. The summed E-state index contributed by atoms with van der Waals surface area (Å²) in [7, 11) is 0. The van der Waals surface area contributed by atoms with Gasteiger partial charge in [-0.15, -0.1) is 0 Å². The molecule has 0 unspecified atom stereocenters. The van der Waals surface area contributed by atoms with Gasteiger partial charge in [0.2, 0.25) is 5.95 Å². The van der Waals surface area contributed by atoms with Gasteiger partial charge in [0, 0.05) is 34.3 Å². The number of halogens is 1. The van der Waals surface area contributed by atoms with Crippen molar-refractivity contribution in [1.82, 2.24) is 19.1 Å². The van der Waals surface area contributed by atoms with Gasteiger partial charge in [-0.2, -0.15) is 0 Å². The maximum absolute atomic E-state index is 5.82. The molecule has 0 bridgehead atoms. The Labute approximate surface area is 378 Å². The Kier molecular flexibility index (Phi) is 15.3. The second-order valence-electron chi connectivity index (χ2n) is 22.1. The summed E-state index contributed by atoms with van der Waals surface area (Å²) in [4.78, 5) is 9.98. The van der Waals surface area contributed by atoms with Crippen LogP contribution in [-0.2, 0) is 0 Å². The van der Waals surface area contributed by atoms with Gasteiger partial charge in [0.05, 0.1) is 22.1 Å². The van der Waals surface area contributed by atoms with Crippen molar-refractivity contribution < 1.29 is 0 Å². The summed E-state index contributed by atoms with van der Waals surface area (Å²) < 4.78 is 5.48. The van der Waals surface area contributed by atoms with Gasteiger partial charge in [0.15, 0.2) is 4.73 Å². The Hall–Kier alpha value is -3.94. The lowest BCUT2D eigenvalue weighted by atomic mass is 9.82. The first-order valence-electron chi connectivity index (χ1n) is 22.3. The number of nitrogens with two attached hydrogens (primary N) is 1. The number of anilines is 1. The molecule has 0 saturated carbocycles. The number of fused-ring (bicyclic) bond motifs is 2. The van der Waals surface area contributed by atoms with Gasteiger partial charge in [0.1, 0.15) is 0 Å². The summed E-state index contributed by atoms with van der Waals surface area (Å²) in [5, 5.41) is 3.78. The molecule has 0 aliphatic rings. The third-order valence-corrected chi connectivity index (χ3v) is 11.3. The van der Waals surface area contributed by atoms with Crippen molar-refractivity contribution in [3.63, 3.8) is 0 Å². The third-order valence-electron chi connectivity index (χ3n) is 10.7. The van der Waals surface area contributed by atoms with E-state index in [0.717, 1.165) is 34.6 Å². The number of aromatic nitrogens is 4. The minimum absolute atomic E-state index is 0.0156. The van der Waals surface area contributed by atoms with Crippen molar-refractivity contribution >= 4 is 43.9 Å². The molecule has 3 N–H and O–H groups in total. The van der Waals surface area contributed by atoms with E-state index in [2.05, 4.69) is 230 Å². The van der Waals surface area contributed by atoms with E-state index in [-0.39, 0.29) is 16.5 Å². The molecule has 6 aromatic rings. The highest BCUT2D eigenvalue weighted by molar-refractivity contribution is 9.10. The highest BCUT2D eigenvalue weighted by Crippen LogP contribution is 2.39. The Balaban J connectivity index is 0.000000231. The van der Waals surface area contributed by atoms with E-state index in [1.165, 1.54) is 66.7 Å². The average Bonchev–Trinajstić information content (AvgIpc) is 3.58. The van der Waals surface area contributed by atoms with E-state index in [1.807, 2.05) is 0 Å². The normalized spacial score (nSPS) is 12.5. The van der Waals surface area contributed by atoms with E-state index in [0.29, 0.717) is 17.5 Å². The zero-order valence-electron chi connectivity index (χ0n) is 41.6. The number of imidazole rings is 2. The summed E-state index contributed by atoms with van der Waals surface area (Å²) >= 11 is 3.62. The molecular formula is C54H79BrN6. The van der Waals surface area contributed by atoms with E-state index in [9.17, 15) is 0 Å². The molecule has 0 fully saturated rings. The molecule has 2 aromatic heterocycles. The van der Waals surface area contributed by atoms with Crippen molar-refractivity contribution in [2.75, 3.05) is 5.32 Å². The van der Waals surface area contributed by atoms with Crippen molar-refractivity contribution in [3.05, 3.63) is 98.8 Å². The Bertz CT molecular complexity index is 2400. The molecular weight excluding hydrogens is 813 g/mol. The van der Waals surface area contributed by atoms with Crippen LogP contribution in [0.3, 0.4) is 0 Å². The quantitative estimate of drug-likeness (QED) is 0.160. The number of aryl methyl sites for hydroxylation is 6. The number of nitrogens with one attached hydrogen (secondary N) is 1. The number of benzene rings is 4. The fourth-order valence-corrected chi connectivity index (χ4v) is 10.7. The van der Waals surface area contributed by atoms with Gasteiger partial charge in [-0.25, -0.2) is 9.97 Å². The number of hydrogen-bond donors (Lipinski definition) is 2. The summed E-state index contributed by atoms with van der Waals surface area (Å²) in [5.41, 5.74) is 23.8. The zero-order valence-corrected chi connectivity index (χ0v) is 43.2. The molecule has 0 amide bonds. The average molecular weight is 892 g/mol. The Morgan fingerprint density at radius 1 is 0.574 bits per heavy atom. The lowest BCUT2D eigenvalue weighted by molar-refractivity contribution is 0.286. The van der Waals surface area contributed by atoms with Crippen LogP contribution in [0.25, 0.3) is 44.3 Å². The molecule has 6 rings (SSSR count). The first-order chi connectivity index (χ1) is 27.9. The van der Waals surface area contributed by atoms with E-state index in [4.69, 9.17) is 15.7 Å². The highest BCUT2D eigenvalue weighted by Gasteiger charge is 2.28. The smallest absolute Gasteiger partial charge is 0.204 e. The number of hydrogen-bond acceptors (Lipinski definition) is 4. The van der Waals surface area contributed by atoms with Crippen molar-refractivity contribution in [3.8, 4) is 22.3 Å². The summed E-state index contributed by atoms with van der Waals surface area (Å²) in [6, 6.07) is 22.8. The molecule has 4 aromatic carbocycles. The molecule has 0 radical (unpaired) electrons. The van der Waals surface area contributed by atoms with Crippen LogP contribution < -0.4 is 11.1 Å². The molecule has 6 nitrogen and oxygen atoms in total. The predicted octanol–water partition coefficient (Wildman–Crippen LogP) is 16.0. The third kappa shape index (κ3) is 12.8. The topological polar surface area (TPSA) is 73.7 Å². The van der Waals surface area contributed by atoms with Crippen LogP contribution >= 0.6 is 15.9 Å². The van der Waals surface area contributed by atoms with Crippen LogP contribution in [-0.4, -0.2) is 30.2 Å².